The number of methoxy groups -OCH3 is 2. The van der Waals surface area contributed by atoms with Gasteiger partial charge >= 0.3 is 0 Å². The molecule has 0 saturated carbocycles. The van der Waals surface area contributed by atoms with E-state index in [-0.39, 0.29) is 5.78 Å². The Hall–Kier alpha value is -3.53. The van der Waals surface area contributed by atoms with Crippen molar-refractivity contribution in [1.29, 1.82) is 0 Å². The number of carbonyl (C=O) groups is 1. The van der Waals surface area contributed by atoms with Gasteiger partial charge in [-0.15, -0.1) is 0 Å². The van der Waals surface area contributed by atoms with Gasteiger partial charge in [-0.1, -0.05) is 36.4 Å². The van der Waals surface area contributed by atoms with Gasteiger partial charge in [-0.25, -0.2) is 0 Å². The fraction of sp³-hybridized carbons (Fsp3) is 0.0870. The number of ketones is 1. The van der Waals surface area contributed by atoms with Crippen molar-refractivity contribution in [1.82, 2.24) is 0 Å². The SMILES string of the molecule is COc1ccc(-c2oc3cccc(OC)c3c2C(=O)c2ccccc2)cc1. The fourth-order valence-corrected chi connectivity index (χ4v) is 3.18. The molecule has 1 heterocycles. The van der Waals surface area contributed by atoms with Crippen molar-refractivity contribution in [2.24, 2.45) is 0 Å². The summed E-state index contributed by atoms with van der Waals surface area (Å²) in [5.41, 5.74) is 2.51. The molecule has 4 aromatic rings. The van der Waals surface area contributed by atoms with Crippen LogP contribution >= 0.6 is 0 Å². The summed E-state index contributed by atoms with van der Waals surface area (Å²) in [5, 5.41) is 0.680. The summed E-state index contributed by atoms with van der Waals surface area (Å²) in [6.07, 6.45) is 0. The molecule has 0 amide bonds. The molecule has 4 nitrogen and oxygen atoms in total. The van der Waals surface area contributed by atoms with Crippen LogP contribution in [0.1, 0.15) is 15.9 Å². The highest BCUT2D eigenvalue weighted by Gasteiger charge is 2.25. The molecule has 0 spiro atoms. The maximum Gasteiger partial charge on any atom is 0.197 e. The van der Waals surface area contributed by atoms with Crippen LogP contribution in [0.5, 0.6) is 11.5 Å². The number of hydrogen-bond donors (Lipinski definition) is 0. The number of benzene rings is 3. The first-order valence-corrected chi connectivity index (χ1v) is 8.56. The highest BCUT2D eigenvalue weighted by molar-refractivity contribution is 6.20. The quantitative estimate of drug-likeness (QED) is 0.451. The number of furan rings is 1. The van der Waals surface area contributed by atoms with E-state index in [1.807, 2.05) is 60.7 Å². The maximum atomic E-state index is 13.4. The first-order chi connectivity index (χ1) is 13.2. The molecule has 0 aliphatic heterocycles. The van der Waals surface area contributed by atoms with Gasteiger partial charge in [0.05, 0.1) is 25.2 Å². The Balaban J connectivity index is 1.99. The van der Waals surface area contributed by atoms with Gasteiger partial charge < -0.3 is 13.9 Å². The molecule has 0 radical (unpaired) electrons. The average molecular weight is 358 g/mol. The lowest BCUT2D eigenvalue weighted by molar-refractivity contribution is 0.104. The Morgan fingerprint density at radius 2 is 1.56 bits per heavy atom. The van der Waals surface area contributed by atoms with Gasteiger partial charge in [-0.05, 0) is 36.4 Å². The summed E-state index contributed by atoms with van der Waals surface area (Å²) in [4.78, 5) is 13.4. The number of rotatable bonds is 5. The molecule has 0 aliphatic carbocycles. The fourth-order valence-electron chi connectivity index (χ4n) is 3.18. The molecule has 0 unspecified atom stereocenters. The van der Waals surface area contributed by atoms with Crippen molar-refractivity contribution < 1.29 is 18.7 Å². The van der Waals surface area contributed by atoms with Gasteiger partial charge in [-0.3, -0.25) is 4.79 Å². The highest BCUT2D eigenvalue weighted by atomic mass is 16.5. The van der Waals surface area contributed by atoms with Crippen LogP contribution in [0.15, 0.2) is 77.2 Å². The van der Waals surface area contributed by atoms with Crippen LogP contribution in [0.25, 0.3) is 22.3 Å². The molecule has 134 valence electrons. The first-order valence-electron chi connectivity index (χ1n) is 8.56. The van der Waals surface area contributed by atoms with E-state index in [9.17, 15) is 4.79 Å². The zero-order valence-corrected chi connectivity index (χ0v) is 15.1. The zero-order chi connectivity index (χ0) is 18.8. The van der Waals surface area contributed by atoms with Crippen molar-refractivity contribution in [3.8, 4) is 22.8 Å². The van der Waals surface area contributed by atoms with Crippen LogP contribution in [0.2, 0.25) is 0 Å². The van der Waals surface area contributed by atoms with Gasteiger partial charge in [0.1, 0.15) is 22.8 Å². The molecule has 4 rings (SSSR count). The van der Waals surface area contributed by atoms with Crippen LogP contribution in [0, 0.1) is 0 Å². The van der Waals surface area contributed by atoms with Crippen LogP contribution in [-0.4, -0.2) is 20.0 Å². The third-order valence-electron chi connectivity index (χ3n) is 4.51. The Kier molecular flexibility index (Phi) is 4.38. The first kappa shape index (κ1) is 16.9. The summed E-state index contributed by atoms with van der Waals surface area (Å²) < 4.78 is 16.8. The topological polar surface area (TPSA) is 48.7 Å². The normalized spacial score (nSPS) is 10.7. The zero-order valence-electron chi connectivity index (χ0n) is 15.1. The molecular weight excluding hydrogens is 340 g/mol. The molecule has 0 atom stereocenters. The van der Waals surface area contributed by atoms with E-state index in [0.29, 0.717) is 33.6 Å². The molecule has 3 aromatic carbocycles. The highest BCUT2D eigenvalue weighted by Crippen LogP contribution is 2.40. The second-order valence-corrected chi connectivity index (χ2v) is 6.06. The van der Waals surface area contributed by atoms with Gasteiger partial charge in [0, 0.05) is 11.1 Å². The maximum absolute atomic E-state index is 13.4. The summed E-state index contributed by atoms with van der Waals surface area (Å²) in [7, 11) is 3.21. The number of hydrogen-bond acceptors (Lipinski definition) is 4. The molecule has 0 fully saturated rings. The van der Waals surface area contributed by atoms with Crippen LogP contribution in [-0.2, 0) is 0 Å². The second kappa shape index (κ2) is 7.00. The molecule has 0 saturated heterocycles. The lowest BCUT2D eigenvalue weighted by Crippen LogP contribution is -2.02. The van der Waals surface area contributed by atoms with E-state index < -0.39 is 0 Å². The molecule has 0 bridgehead atoms. The molecule has 4 heteroatoms. The van der Waals surface area contributed by atoms with E-state index in [1.54, 1.807) is 26.4 Å². The third kappa shape index (κ3) is 2.95. The molecular formula is C23H18O4. The number of carbonyl (C=O) groups excluding carboxylic acids is 1. The van der Waals surface area contributed by atoms with Crippen molar-refractivity contribution in [2.75, 3.05) is 14.2 Å². The van der Waals surface area contributed by atoms with Gasteiger partial charge in [-0.2, -0.15) is 0 Å². The second-order valence-electron chi connectivity index (χ2n) is 6.06. The number of fused-ring (bicyclic) bond motifs is 1. The molecule has 1 aromatic heterocycles. The summed E-state index contributed by atoms with van der Waals surface area (Å²) >= 11 is 0. The summed E-state index contributed by atoms with van der Waals surface area (Å²) in [6.45, 7) is 0. The predicted molar refractivity (Wildman–Crippen MR) is 105 cm³/mol. The van der Waals surface area contributed by atoms with Gasteiger partial charge in [0.25, 0.3) is 0 Å². The van der Waals surface area contributed by atoms with E-state index in [4.69, 9.17) is 13.9 Å². The standard InChI is InChI=1S/C23H18O4/c1-25-17-13-11-16(12-14-17)23-21(22(24)15-7-4-3-5-8-15)20-18(26-2)9-6-10-19(20)27-23/h3-14H,1-2H3. The summed E-state index contributed by atoms with van der Waals surface area (Å²) in [6, 6.07) is 22.1. The van der Waals surface area contributed by atoms with E-state index >= 15 is 0 Å². The average Bonchev–Trinajstić information content (AvgIpc) is 3.13. The minimum atomic E-state index is -0.107. The van der Waals surface area contributed by atoms with E-state index in [0.717, 1.165) is 11.3 Å². The van der Waals surface area contributed by atoms with Crippen molar-refractivity contribution in [3.63, 3.8) is 0 Å². The Morgan fingerprint density at radius 1 is 0.815 bits per heavy atom. The largest absolute Gasteiger partial charge is 0.497 e. The lowest BCUT2D eigenvalue weighted by Gasteiger charge is -2.06. The van der Waals surface area contributed by atoms with Crippen LogP contribution < -0.4 is 9.47 Å². The molecule has 27 heavy (non-hydrogen) atoms. The Morgan fingerprint density at radius 3 is 2.22 bits per heavy atom. The lowest BCUT2D eigenvalue weighted by atomic mass is 9.97. The van der Waals surface area contributed by atoms with Crippen molar-refractivity contribution >= 4 is 16.8 Å². The molecule has 0 aliphatic rings. The minimum absolute atomic E-state index is 0.107. The Bertz CT molecular complexity index is 1090. The van der Waals surface area contributed by atoms with E-state index in [2.05, 4.69) is 0 Å². The Labute approximate surface area is 157 Å². The summed E-state index contributed by atoms with van der Waals surface area (Å²) in [5.74, 6) is 1.76. The van der Waals surface area contributed by atoms with Gasteiger partial charge in [0.2, 0.25) is 0 Å². The predicted octanol–water partition coefficient (Wildman–Crippen LogP) is 5.35. The van der Waals surface area contributed by atoms with Crippen molar-refractivity contribution in [3.05, 3.63) is 83.9 Å². The number of ether oxygens (including phenoxy) is 2. The molecule has 0 N–H and O–H groups in total. The van der Waals surface area contributed by atoms with Crippen molar-refractivity contribution in [2.45, 2.75) is 0 Å². The minimum Gasteiger partial charge on any atom is -0.497 e. The van der Waals surface area contributed by atoms with Gasteiger partial charge in [0.15, 0.2) is 5.78 Å². The third-order valence-corrected chi connectivity index (χ3v) is 4.51. The van der Waals surface area contributed by atoms with Crippen LogP contribution in [0.4, 0.5) is 0 Å². The van der Waals surface area contributed by atoms with Crippen LogP contribution in [0.3, 0.4) is 0 Å². The smallest absolute Gasteiger partial charge is 0.197 e. The monoisotopic (exact) mass is 358 g/mol. The van der Waals surface area contributed by atoms with E-state index in [1.165, 1.54) is 0 Å².